The van der Waals surface area contributed by atoms with Gasteiger partial charge in [0.05, 0.1) is 5.69 Å². The Morgan fingerprint density at radius 2 is 1.91 bits per heavy atom. The lowest BCUT2D eigenvalue weighted by atomic mass is 9.94. The Kier molecular flexibility index (Phi) is 6.91. The van der Waals surface area contributed by atoms with E-state index in [1.807, 2.05) is 30.3 Å². The number of carboxylic acid groups (broad SMARTS) is 1. The number of benzene rings is 1. The van der Waals surface area contributed by atoms with E-state index in [0.717, 1.165) is 46.5 Å². The van der Waals surface area contributed by atoms with Crippen molar-refractivity contribution in [1.82, 2.24) is 14.8 Å². The molecule has 0 amide bonds. The van der Waals surface area contributed by atoms with Gasteiger partial charge in [-0.1, -0.05) is 48.7 Å². The van der Waals surface area contributed by atoms with Crippen LogP contribution in [0.2, 0.25) is 5.02 Å². The zero-order chi connectivity index (χ0) is 24.4. The Hall–Kier alpha value is -3.12. The van der Waals surface area contributed by atoms with Gasteiger partial charge < -0.3 is 10.1 Å². The quantitative estimate of drug-likeness (QED) is 0.408. The van der Waals surface area contributed by atoms with E-state index in [4.69, 9.17) is 16.7 Å². The number of nitrogens with one attached hydrogen (secondary N) is 1. The second-order valence-corrected chi connectivity index (χ2v) is 10.2. The summed E-state index contributed by atoms with van der Waals surface area (Å²) in [5.41, 5.74) is 5.66. The van der Waals surface area contributed by atoms with E-state index in [1.165, 1.54) is 30.4 Å². The summed E-state index contributed by atoms with van der Waals surface area (Å²) in [7, 11) is 0. The molecule has 2 N–H and O–H groups in total. The molecule has 2 aliphatic carbocycles. The molecule has 2 heterocycles. The Bertz CT molecular complexity index is 1310. The van der Waals surface area contributed by atoms with Gasteiger partial charge in [-0.15, -0.1) is 0 Å². The molecule has 0 atom stereocenters. The number of halogens is 1. The molecule has 0 spiro atoms. The van der Waals surface area contributed by atoms with E-state index in [0.29, 0.717) is 29.7 Å². The number of pyridine rings is 1. The molecule has 2 aliphatic rings. The van der Waals surface area contributed by atoms with Crippen LogP contribution < -0.4 is 5.56 Å². The highest BCUT2D eigenvalue weighted by Gasteiger charge is 2.26. The van der Waals surface area contributed by atoms with Gasteiger partial charge in [0.15, 0.2) is 0 Å². The molecule has 35 heavy (non-hydrogen) atoms. The zero-order valence-electron chi connectivity index (χ0n) is 19.7. The van der Waals surface area contributed by atoms with Gasteiger partial charge >= 0.3 is 5.97 Å². The second kappa shape index (κ2) is 10.2. The smallest absolute Gasteiger partial charge is 0.325 e. The number of hydrogen-bond acceptors (Lipinski definition) is 3. The molecule has 0 aliphatic heterocycles. The number of allylic oxidation sites excluding steroid dienone is 1. The van der Waals surface area contributed by atoms with Crippen molar-refractivity contribution in [2.75, 3.05) is 0 Å². The van der Waals surface area contributed by atoms with Gasteiger partial charge in [-0.05, 0) is 79.7 Å². The molecule has 0 bridgehead atoms. The van der Waals surface area contributed by atoms with Crippen LogP contribution in [0.1, 0.15) is 72.5 Å². The van der Waals surface area contributed by atoms with E-state index in [1.54, 1.807) is 6.20 Å². The number of aromatic nitrogens is 3. The molecule has 2 aromatic heterocycles. The summed E-state index contributed by atoms with van der Waals surface area (Å²) < 4.78 is 1.43. The van der Waals surface area contributed by atoms with Crippen LogP contribution >= 0.6 is 11.6 Å². The van der Waals surface area contributed by atoms with Gasteiger partial charge in [-0.2, -0.15) is 5.10 Å². The zero-order valence-corrected chi connectivity index (χ0v) is 20.4. The van der Waals surface area contributed by atoms with Crippen molar-refractivity contribution in [2.45, 2.75) is 63.8 Å². The monoisotopic (exact) mass is 491 g/mol. The average molecular weight is 492 g/mol. The van der Waals surface area contributed by atoms with Crippen molar-refractivity contribution in [3.8, 4) is 0 Å². The summed E-state index contributed by atoms with van der Waals surface area (Å²) in [6.45, 7) is -0.144. The molecule has 2 saturated carbocycles. The standard InChI is InChI=1S/C28H30ClN3O3/c29-25-16-21(8-7-20(25)9-10-22-13-14-32(31-22)17-27(33)34)24(15-18-3-1-2-4-18)26-12-11-23(19-5-6-19)28(35)30-26/h7-8,11-16,18-19H,1-6,9-10,17H2,(H,30,35)(H,33,34)/b24-15+. The average Bonchev–Trinajstić information content (AvgIpc) is 3.34. The number of nitrogens with zero attached hydrogens (tertiary/aromatic N) is 2. The lowest BCUT2D eigenvalue weighted by Gasteiger charge is -2.14. The largest absolute Gasteiger partial charge is 0.480 e. The maximum atomic E-state index is 12.7. The number of hydrogen-bond donors (Lipinski definition) is 2. The predicted molar refractivity (Wildman–Crippen MR) is 137 cm³/mol. The highest BCUT2D eigenvalue weighted by molar-refractivity contribution is 6.31. The van der Waals surface area contributed by atoms with Crippen molar-refractivity contribution < 1.29 is 9.90 Å². The number of aryl methyl sites for hydroxylation is 2. The summed E-state index contributed by atoms with van der Waals surface area (Å²) >= 11 is 6.72. The molecule has 7 heteroatoms. The van der Waals surface area contributed by atoms with Crippen LogP contribution in [0.15, 0.2) is 53.5 Å². The summed E-state index contributed by atoms with van der Waals surface area (Å²) in [5, 5.41) is 13.9. The predicted octanol–water partition coefficient (Wildman–Crippen LogP) is 5.59. The summed E-state index contributed by atoms with van der Waals surface area (Å²) in [6.07, 6.45) is 12.4. The third-order valence-corrected chi connectivity index (χ3v) is 7.41. The third-order valence-electron chi connectivity index (χ3n) is 7.06. The first kappa shape index (κ1) is 23.6. The van der Waals surface area contributed by atoms with E-state index in [2.05, 4.69) is 22.2 Å². The van der Waals surface area contributed by atoms with Crippen molar-refractivity contribution in [3.63, 3.8) is 0 Å². The fraction of sp³-hybridized carbons (Fsp3) is 0.393. The maximum absolute atomic E-state index is 12.7. The fourth-order valence-corrected chi connectivity index (χ4v) is 5.28. The van der Waals surface area contributed by atoms with Gasteiger partial charge in [-0.3, -0.25) is 14.3 Å². The maximum Gasteiger partial charge on any atom is 0.325 e. The van der Waals surface area contributed by atoms with Crippen LogP contribution in [0.25, 0.3) is 5.57 Å². The van der Waals surface area contributed by atoms with Crippen LogP contribution in [0.4, 0.5) is 0 Å². The lowest BCUT2D eigenvalue weighted by molar-refractivity contribution is -0.137. The van der Waals surface area contributed by atoms with Crippen LogP contribution in [-0.2, 0) is 24.2 Å². The van der Waals surface area contributed by atoms with Gasteiger partial charge in [0, 0.05) is 28.0 Å². The van der Waals surface area contributed by atoms with Crippen molar-refractivity contribution >= 4 is 23.1 Å². The second-order valence-electron chi connectivity index (χ2n) is 9.76. The van der Waals surface area contributed by atoms with Crippen molar-refractivity contribution in [2.24, 2.45) is 5.92 Å². The van der Waals surface area contributed by atoms with Gasteiger partial charge in [0.2, 0.25) is 0 Å². The summed E-state index contributed by atoms with van der Waals surface area (Å²) in [6, 6.07) is 12.0. The molecule has 3 aromatic rings. The van der Waals surface area contributed by atoms with Crippen molar-refractivity contribution in [3.05, 3.63) is 92.1 Å². The van der Waals surface area contributed by atoms with Crippen LogP contribution in [0, 0.1) is 5.92 Å². The van der Waals surface area contributed by atoms with Crippen LogP contribution in [0.3, 0.4) is 0 Å². The fourth-order valence-electron chi connectivity index (χ4n) is 5.00. The first-order chi connectivity index (χ1) is 17.0. The minimum Gasteiger partial charge on any atom is -0.480 e. The van der Waals surface area contributed by atoms with Gasteiger partial charge in [0.25, 0.3) is 5.56 Å². The molecule has 0 saturated heterocycles. The highest BCUT2D eigenvalue weighted by atomic mass is 35.5. The Labute approximate surface area is 209 Å². The molecule has 0 radical (unpaired) electrons. The third kappa shape index (κ3) is 5.76. The molecule has 182 valence electrons. The van der Waals surface area contributed by atoms with Gasteiger partial charge in [0.1, 0.15) is 6.54 Å². The number of carboxylic acids is 1. The normalized spacial score (nSPS) is 16.7. The van der Waals surface area contributed by atoms with Gasteiger partial charge in [-0.25, -0.2) is 0 Å². The highest BCUT2D eigenvalue weighted by Crippen LogP contribution is 2.39. The van der Waals surface area contributed by atoms with E-state index in [-0.39, 0.29) is 12.1 Å². The Morgan fingerprint density at radius 3 is 2.60 bits per heavy atom. The number of aliphatic carboxylic acids is 1. The topological polar surface area (TPSA) is 88.0 Å². The summed E-state index contributed by atoms with van der Waals surface area (Å²) in [5.74, 6) is 0.0126. The van der Waals surface area contributed by atoms with Crippen molar-refractivity contribution in [1.29, 1.82) is 0 Å². The first-order valence-corrected chi connectivity index (χ1v) is 12.8. The number of aromatic amines is 1. The molecular weight excluding hydrogens is 462 g/mol. The number of carbonyl (C=O) groups is 1. The Morgan fingerprint density at radius 1 is 1.11 bits per heavy atom. The van der Waals surface area contributed by atoms with E-state index in [9.17, 15) is 9.59 Å². The van der Waals surface area contributed by atoms with Crippen LogP contribution in [-0.4, -0.2) is 25.8 Å². The minimum absolute atomic E-state index is 0.0207. The minimum atomic E-state index is -0.914. The van der Waals surface area contributed by atoms with Crippen LogP contribution in [0.5, 0.6) is 0 Å². The molecule has 2 fully saturated rings. The number of H-pyrrole nitrogens is 1. The summed E-state index contributed by atoms with van der Waals surface area (Å²) in [4.78, 5) is 26.8. The SMILES string of the molecule is O=C(O)Cn1ccc(CCc2ccc(/C(=C\C3CCCC3)c3ccc(C4CC4)c(=O)[nH]3)cc2Cl)n1. The Balaban J connectivity index is 1.38. The van der Waals surface area contributed by atoms with E-state index >= 15 is 0 Å². The molecule has 5 rings (SSSR count). The lowest BCUT2D eigenvalue weighted by Crippen LogP contribution is -2.13. The first-order valence-electron chi connectivity index (χ1n) is 12.4. The van der Waals surface area contributed by atoms with E-state index < -0.39 is 5.97 Å². The molecule has 0 unspecified atom stereocenters. The molecular formula is C28H30ClN3O3. The molecule has 1 aromatic carbocycles. The number of rotatable bonds is 9. The molecule has 6 nitrogen and oxygen atoms in total.